The number of hydrogen-bond donors (Lipinski definition) is 1. The topological polar surface area (TPSA) is 112 Å². The summed E-state index contributed by atoms with van der Waals surface area (Å²) in [5.41, 5.74) is 1.03. The van der Waals surface area contributed by atoms with Crippen molar-refractivity contribution in [3.8, 4) is 5.69 Å². The van der Waals surface area contributed by atoms with E-state index in [4.69, 9.17) is 9.15 Å². The minimum Gasteiger partial charge on any atom is -0.467 e. The molecule has 9 nitrogen and oxygen atoms in total. The smallest absolute Gasteiger partial charge is 0.338 e. The monoisotopic (exact) mass is 327 g/mol. The van der Waals surface area contributed by atoms with Crippen LogP contribution in [0.5, 0.6) is 0 Å². The number of hydrogen-bond acceptors (Lipinski definition) is 7. The molecule has 122 valence electrons. The van der Waals surface area contributed by atoms with E-state index < -0.39 is 11.9 Å². The fourth-order valence-electron chi connectivity index (χ4n) is 1.89. The number of carbonyl (C=O) groups excluding carboxylic acids is 2. The van der Waals surface area contributed by atoms with Gasteiger partial charge < -0.3 is 14.5 Å². The van der Waals surface area contributed by atoms with Gasteiger partial charge in [0.05, 0.1) is 24.1 Å². The lowest BCUT2D eigenvalue weighted by Crippen LogP contribution is -2.28. The first-order valence-electron chi connectivity index (χ1n) is 7.02. The van der Waals surface area contributed by atoms with E-state index in [0.717, 1.165) is 0 Å². The van der Waals surface area contributed by atoms with Crippen molar-refractivity contribution in [2.24, 2.45) is 0 Å². The molecular weight excluding hydrogens is 314 g/mol. The van der Waals surface area contributed by atoms with Crippen molar-refractivity contribution in [1.82, 2.24) is 25.5 Å². The van der Waals surface area contributed by atoms with Crippen LogP contribution >= 0.6 is 0 Å². The fraction of sp³-hybridized carbons (Fsp3) is 0.133. The molecule has 0 fully saturated rings. The van der Waals surface area contributed by atoms with Crippen LogP contribution in [0.25, 0.3) is 5.69 Å². The molecular formula is C15H13N5O4. The molecule has 3 aromatic rings. The Balaban J connectivity index is 1.48. The lowest BCUT2D eigenvalue weighted by molar-refractivity contribution is -0.124. The van der Waals surface area contributed by atoms with E-state index in [1.54, 1.807) is 36.4 Å². The number of rotatable bonds is 6. The molecule has 1 aromatic carbocycles. The quantitative estimate of drug-likeness (QED) is 0.664. The zero-order valence-corrected chi connectivity index (χ0v) is 12.5. The highest BCUT2D eigenvalue weighted by Crippen LogP contribution is 2.08. The molecule has 0 aliphatic rings. The second kappa shape index (κ2) is 7.18. The average Bonchev–Trinajstić information content (AvgIpc) is 3.31. The molecule has 0 unspecified atom stereocenters. The molecule has 9 heteroatoms. The zero-order chi connectivity index (χ0) is 16.8. The predicted molar refractivity (Wildman–Crippen MR) is 80.0 cm³/mol. The van der Waals surface area contributed by atoms with Crippen molar-refractivity contribution in [1.29, 1.82) is 0 Å². The van der Waals surface area contributed by atoms with Gasteiger partial charge in [0.25, 0.3) is 5.91 Å². The fourth-order valence-corrected chi connectivity index (χ4v) is 1.89. The summed E-state index contributed by atoms with van der Waals surface area (Å²) < 4.78 is 11.5. The first-order valence-corrected chi connectivity index (χ1v) is 7.02. The van der Waals surface area contributed by atoms with Gasteiger partial charge in [-0.3, -0.25) is 4.79 Å². The van der Waals surface area contributed by atoms with Gasteiger partial charge in [-0.25, -0.2) is 9.48 Å². The number of esters is 1. The van der Waals surface area contributed by atoms with Crippen LogP contribution in [0.4, 0.5) is 0 Å². The van der Waals surface area contributed by atoms with Gasteiger partial charge in [0.2, 0.25) is 0 Å². The van der Waals surface area contributed by atoms with Crippen LogP contribution in [0.3, 0.4) is 0 Å². The zero-order valence-electron chi connectivity index (χ0n) is 12.5. The van der Waals surface area contributed by atoms with Gasteiger partial charge >= 0.3 is 5.97 Å². The van der Waals surface area contributed by atoms with E-state index >= 15 is 0 Å². The number of carbonyl (C=O) groups is 2. The number of nitrogens with one attached hydrogen (secondary N) is 1. The second-order valence-corrected chi connectivity index (χ2v) is 4.73. The van der Waals surface area contributed by atoms with Crippen LogP contribution in [0.1, 0.15) is 16.1 Å². The average molecular weight is 327 g/mol. The second-order valence-electron chi connectivity index (χ2n) is 4.73. The van der Waals surface area contributed by atoms with E-state index in [2.05, 4.69) is 20.8 Å². The highest BCUT2D eigenvalue weighted by Gasteiger charge is 2.11. The highest BCUT2D eigenvalue weighted by atomic mass is 16.5. The maximum Gasteiger partial charge on any atom is 0.338 e. The molecule has 2 aromatic heterocycles. The van der Waals surface area contributed by atoms with Crippen molar-refractivity contribution >= 4 is 11.9 Å². The van der Waals surface area contributed by atoms with Crippen LogP contribution in [0, 0.1) is 0 Å². The van der Waals surface area contributed by atoms with Gasteiger partial charge in [-0.05, 0) is 46.8 Å². The predicted octanol–water partition coefficient (Wildman–Crippen LogP) is 0.728. The third-order valence-corrected chi connectivity index (χ3v) is 3.09. The SMILES string of the molecule is O=C(COC(=O)c1ccc(-n2cnnn2)cc1)NCc1ccco1. The minimum absolute atomic E-state index is 0.240. The van der Waals surface area contributed by atoms with Crippen molar-refractivity contribution in [3.63, 3.8) is 0 Å². The Kier molecular flexibility index (Phi) is 4.61. The molecule has 0 aliphatic heterocycles. The van der Waals surface area contributed by atoms with Gasteiger partial charge in [-0.2, -0.15) is 0 Å². The van der Waals surface area contributed by atoms with Crippen molar-refractivity contribution in [2.45, 2.75) is 6.54 Å². The molecule has 0 saturated carbocycles. The molecule has 0 spiro atoms. The van der Waals surface area contributed by atoms with E-state index in [-0.39, 0.29) is 13.2 Å². The molecule has 0 atom stereocenters. The van der Waals surface area contributed by atoms with E-state index in [1.165, 1.54) is 17.3 Å². The lowest BCUT2D eigenvalue weighted by atomic mass is 10.2. The molecule has 2 heterocycles. The third kappa shape index (κ3) is 3.83. The number of tetrazole rings is 1. The highest BCUT2D eigenvalue weighted by molar-refractivity contribution is 5.91. The van der Waals surface area contributed by atoms with Crippen LogP contribution in [-0.4, -0.2) is 38.7 Å². The standard InChI is InChI=1S/C15H13N5O4/c21-14(16-8-13-2-1-7-23-13)9-24-15(22)11-3-5-12(6-4-11)20-10-17-18-19-20/h1-7,10H,8-9H2,(H,16,21). The summed E-state index contributed by atoms with van der Waals surface area (Å²) in [7, 11) is 0. The number of furan rings is 1. The Morgan fingerprint density at radius 1 is 1.21 bits per heavy atom. The molecule has 0 aliphatic carbocycles. The maximum atomic E-state index is 11.9. The maximum absolute atomic E-state index is 11.9. The Morgan fingerprint density at radius 3 is 2.71 bits per heavy atom. The first-order chi connectivity index (χ1) is 11.7. The van der Waals surface area contributed by atoms with Gasteiger partial charge in [-0.1, -0.05) is 0 Å². The summed E-state index contributed by atoms with van der Waals surface area (Å²) in [4.78, 5) is 23.5. The van der Waals surface area contributed by atoms with Crippen LogP contribution in [-0.2, 0) is 16.1 Å². The molecule has 1 amide bonds. The Hall–Kier alpha value is -3.49. The van der Waals surface area contributed by atoms with Crippen LogP contribution in [0.2, 0.25) is 0 Å². The van der Waals surface area contributed by atoms with Crippen LogP contribution in [0.15, 0.2) is 53.4 Å². The Labute approximate surface area is 136 Å². The van der Waals surface area contributed by atoms with E-state index in [1.807, 2.05) is 0 Å². The summed E-state index contributed by atoms with van der Waals surface area (Å²) in [5.74, 6) is -0.385. The molecule has 0 saturated heterocycles. The summed E-state index contributed by atoms with van der Waals surface area (Å²) >= 11 is 0. The van der Waals surface area contributed by atoms with Gasteiger partial charge in [-0.15, -0.1) is 5.10 Å². The van der Waals surface area contributed by atoms with Gasteiger partial charge in [0, 0.05) is 0 Å². The lowest BCUT2D eigenvalue weighted by Gasteiger charge is -2.06. The van der Waals surface area contributed by atoms with Gasteiger partial charge in [0.15, 0.2) is 6.61 Å². The minimum atomic E-state index is -0.591. The molecule has 0 bridgehead atoms. The number of ether oxygens (including phenoxy) is 1. The molecule has 3 rings (SSSR count). The Bertz CT molecular complexity index is 797. The summed E-state index contributed by atoms with van der Waals surface area (Å²) in [6.07, 6.45) is 2.96. The van der Waals surface area contributed by atoms with E-state index in [9.17, 15) is 9.59 Å². The third-order valence-electron chi connectivity index (χ3n) is 3.09. The largest absolute Gasteiger partial charge is 0.467 e. The van der Waals surface area contributed by atoms with E-state index in [0.29, 0.717) is 17.0 Å². The van der Waals surface area contributed by atoms with Gasteiger partial charge in [0.1, 0.15) is 12.1 Å². The summed E-state index contributed by atoms with van der Waals surface area (Å²) in [5, 5.41) is 13.4. The van der Waals surface area contributed by atoms with Crippen LogP contribution < -0.4 is 5.32 Å². The van der Waals surface area contributed by atoms with Crippen molar-refractivity contribution in [3.05, 3.63) is 60.3 Å². The number of nitrogens with zero attached hydrogens (tertiary/aromatic N) is 4. The number of aromatic nitrogens is 4. The van der Waals surface area contributed by atoms with Crippen molar-refractivity contribution in [2.75, 3.05) is 6.61 Å². The number of benzene rings is 1. The first kappa shape index (κ1) is 15.4. The Morgan fingerprint density at radius 2 is 2.04 bits per heavy atom. The summed E-state index contributed by atoms with van der Waals surface area (Å²) in [6.45, 7) is -0.127. The normalized spacial score (nSPS) is 10.3. The molecule has 24 heavy (non-hydrogen) atoms. The summed E-state index contributed by atoms with van der Waals surface area (Å²) in [6, 6.07) is 9.94. The van der Waals surface area contributed by atoms with Crippen molar-refractivity contribution < 1.29 is 18.7 Å². The number of amides is 1. The molecule has 1 N–H and O–H groups in total. The molecule has 0 radical (unpaired) electrons.